The van der Waals surface area contributed by atoms with Crippen molar-refractivity contribution < 1.29 is 4.74 Å². The molecule has 0 amide bonds. The Bertz CT molecular complexity index is 140. The molecule has 11 heavy (non-hydrogen) atoms. The van der Waals surface area contributed by atoms with Gasteiger partial charge in [-0.25, -0.2) is 0 Å². The Morgan fingerprint density at radius 1 is 1.55 bits per heavy atom. The molecule has 2 aliphatic rings. The van der Waals surface area contributed by atoms with E-state index in [2.05, 4.69) is 5.32 Å². The molecule has 0 bridgehead atoms. The Kier molecular flexibility index (Phi) is 1.90. The van der Waals surface area contributed by atoms with Gasteiger partial charge in [0.15, 0.2) is 0 Å². The predicted octanol–water partition coefficient (Wildman–Crippen LogP) is 1.02. The van der Waals surface area contributed by atoms with Crippen LogP contribution in [0.4, 0.5) is 0 Å². The fourth-order valence-corrected chi connectivity index (χ4v) is 2.20. The molecule has 2 heteroatoms. The highest BCUT2D eigenvalue weighted by Gasteiger charge is 2.50. The second-order valence-corrected chi connectivity index (χ2v) is 3.96. The third-order valence-corrected chi connectivity index (χ3v) is 3.21. The zero-order valence-electron chi connectivity index (χ0n) is 7.23. The van der Waals surface area contributed by atoms with Gasteiger partial charge in [0.05, 0.1) is 6.61 Å². The van der Waals surface area contributed by atoms with Crippen molar-refractivity contribution in [3.05, 3.63) is 0 Å². The SMILES string of the molecule is CNCC1CCOCC12CC2. The van der Waals surface area contributed by atoms with Crippen molar-refractivity contribution in [2.24, 2.45) is 11.3 Å². The molecule has 1 spiro atoms. The van der Waals surface area contributed by atoms with Gasteiger partial charge in [0.2, 0.25) is 0 Å². The van der Waals surface area contributed by atoms with E-state index in [1.54, 1.807) is 0 Å². The van der Waals surface area contributed by atoms with Crippen molar-refractivity contribution in [3.63, 3.8) is 0 Å². The van der Waals surface area contributed by atoms with E-state index in [4.69, 9.17) is 4.74 Å². The smallest absolute Gasteiger partial charge is 0.0525 e. The highest BCUT2D eigenvalue weighted by atomic mass is 16.5. The van der Waals surface area contributed by atoms with E-state index in [9.17, 15) is 0 Å². The molecule has 0 aromatic carbocycles. The zero-order valence-corrected chi connectivity index (χ0v) is 7.23. The predicted molar refractivity (Wildman–Crippen MR) is 44.5 cm³/mol. The summed E-state index contributed by atoms with van der Waals surface area (Å²) in [6, 6.07) is 0. The molecule has 1 saturated heterocycles. The number of nitrogens with one attached hydrogen (secondary N) is 1. The van der Waals surface area contributed by atoms with Gasteiger partial charge in [-0.1, -0.05) is 0 Å². The lowest BCUT2D eigenvalue weighted by Crippen LogP contribution is -2.35. The molecule has 2 nitrogen and oxygen atoms in total. The first-order valence-corrected chi connectivity index (χ1v) is 4.60. The van der Waals surface area contributed by atoms with Crippen LogP contribution in [-0.4, -0.2) is 26.8 Å². The van der Waals surface area contributed by atoms with Crippen LogP contribution in [0.15, 0.2) is 0 Å². The Morgan fingerprint density at radius 2 is 2.36 bits per heavy atom. The van der Waals surface area contributed by atoms with Crippen LogP contribution in [0.3, 0.4) is 0 Å². The quantitative estimate of drug-likeness (QED) is 0.643. The first-order chi connectivity index (χ1) is 5.37. The van der Waals surface area contributed by atoms with Crippen LogP contribution < -0.4 is 5.32 Å². The Balaban J connectivity index is 1.93. The van der Waals surface area contributed by atoms with E-state index in [1.807, 2.05) is 7.05 Å². The molecule has 0 radical (unpaired) electrons. The van der Waals surface area contributed by atoms with Crippen molar-refractivity contribution >= 4 is 0 Å². The summed E-state index contributed by atoms with van der Waals surface area (Å²) < 4.78 is 5.50. The van der Waals surface area contributed by atoms with E-state index in [1.165, 1.54) is 25.8 Å². The summed E-state index contributed by atoms with van der Waals surface area (Å²) >= 11 is 0. The standard InChI is InChI=1S/C9H17NO/c1-10-6-8-2-5-11-7-9(8)3-4-9/h8,10H,2-7H2,1H3. The Hall–Kier alpha value is -0.0800. The average molecular weight is 155 g/mol. The van der Waals surface area contributed by atoms with E-state index in [0.29, 0.717) is 5.41 Å². The Morgan fingerprint density at radius 3 is 3.00 bits per heavy atom. The Labute approximate surface area is 68.3 Å². The molecule has 1 aliphatic heterocycles. The van der Waals surface area contributed by atoms with Gasteiger partial charge >= 0.3 is 0 Å². The van der Waals surface area contributed by atoms with Crippen molar-refractivity contribution in [2.75, 3.05) is 26.8 Å². The van der Waals surface area contributed by atoms with Crippen LogP contribution in [0, 0.1) is 11.3 Å². The van der Waals surface area contributed by atoms with Crippen LogP contribution in [0.5, 0.6) is 0 Å². The van der Waals surface area contributed by atoms with E-state index in [0.717, 1.165) is 19.1 Å². The zero-order chi connectivity index (χ0) is 7.73. The maximum atomic E-state index is 5.50. The highest BCUT2D eigenvalue weighted by Crippen LogP contribution is 2.54. The topological polar surface area (TPSA) is 21.3 Å². The molecular weight excluding hydrogens is 138 g/mol. The average Bonchev–Trinajstić information content (AvgIpc) is 2.77. The van der Waals surface area contributed by atoms with Gasteiger partial charge < -0.3 is 10.1 Å². The number of hydrogen-bond donors (Lipinski definition) is 1. The van der Waals surface area contributed by atoms with Crippen LogP contribution in [0.25, 0.3) is 0 Å². The number of hydrogen-bond acceptors (Lipinski definition) is 2. The largest absolute Gasteiger partial charge is 0.381 e. The molecule has 0 aromatic rings. The molecule has 2 rings (SSSR count). The van der Waals surface area contributed by atoms with Gasteiger partial charge in [-0.05, 0) is 44.2 Å². The summed E-state index contributed by atoms with van der Waals surface area (Å²) in [5, 5.41) is 3.28. The maximum Gasteiger partial charge on any atom is 0.0525 e. The van der Waals surface area contributed by atoms with Crippen LogP contribution in [-0.2, 0) is 4.74 Å². The maximum absolute atomic E-state index is 5.50. The fourth-order valence-electron chi connectivity index (χ4n) is 2.20. The van der Waals surface area contributed by atoms with Crippen molar-refractivity contribution in [3.8, 4) is 0 Å². The van der Waals surface area contributed by atoms with E-state index in [-0.39, 0.29) is 0 Å². The molecule has 64 valence electrons. The van der Waals surface area contributed by atoms with Gasteiger partial charge in [0, 0.05) is 6.61 Å². The van der Waals surface area contributed by atoms with E-state index >= 15 is 0 Å². The van der Waals surface area contributed by atoms with Crippen LogP contribution >= 0.6 is 0 Å². The molecule has 1 saturated carbocycles. The summed E-state index contributed by atoms with van der Waals surface area (Å²) in [6.07, 6.45) is 4.07. The van der Waals surface area contributed by atoms with Crippen molar-refractivity contribution in [1.29, 1.82) is 0 Å². The minimum Gasteiger partial charge on any atom is -0.381 e. The second-order valence-electron chi connectivity index (χ2n) is 3.96. The first-order valence-electron chi connectivity index (χ1n) is 4.60. The minimum absolute atomic E-state index is 0.612. The molecule has 1 N–H and O–H groups in total. The second kappa shape index (κ2) is 2.76. The summed E-state index contributed by atoms with van der Waals surface area (Å²) in [4.78, 5) is 0. The molecule has 1 atom stereocenters. The summed E-state index contributed by atoms with van der Waals surface area (Å²) in [7, 11) is 2.05. The third kappa shape index (κ3) is 1.30. The van der Waals surface area contributed by atoms with Gasteiger partial charge in [-0.15, -0.1) is 0 Å². The minimum atomic E-state index is 0.612. The lowest BCUT2D eigenvalue weighted by Gasteiger charge is -2.31. The third-order valence-electron chi connectivity index (χ3n) is 3.21. The first kappa shape index (κ1) is 7.56. The molecule has 2 fully saturated rings. The number of rotatable bonds is 2. The van der Waals surface area contributed by atoms with Crippen LogP contribution in [0.1, 0.15) is 19.3 Å². The number of ether oxygens (including phenoxy) is 1. The van der Waals surface area contributed by atoms with Gasteiger partial charge in [-0.3, -0.25) is 0 Å². The van der Waals surface area contributed by atoms with Gasteiger partial charge in [0.1, 0.15) is 0 Å². The summed E-state index contributed by atoms with van der Waals surface area (Å²) in [5.74, 6) is 0.890. The molecule has 1 heterocycles. The highest BCUT2D eigenvalue weighted by molar-refractivity contribution is 5.00. The molecular formula is C9H17NO. The fraction of sp³-hybridized carbons (Fsp3) is 1.00. The van der Waals surface area contributed by atoms with E-state index < -0.39 is 0 Å². The molecule has 1 aliphatic carbocycles. The van der Waals surface area contributed by atoms with Crippen LogP contribution in [0.2, 0.25) is 0 Å². The van der Waals surface area contributed by atoms with Crippen molar-refractivity contribution in [1.82, 2.24) is 5.32 Å². The lowest BCUT2D eigenvalue weighted by molar-refractivity contribution is 0.00411. The molecule has 0 aromatic heterocycles. The van der Waals surface area contributed by atoms with Crippen molar-refractivity contribution in [2.45, 2.75) is 19.3 Å². The summed E-state index contributed by atoms with van der Waals surface area (Å²) in [6.45, 7) is 3.19. The molecule has 1 unspecified atom stereocenters. The monoisotopic (exact) mass is 155 g/mol. The normalized spacial score (nSPS) is 34.1. The van der Waals surface area contributed by atoms with Gasteiger partial charge in [-0.2, -0.15) is 0 Å². The lowest BCUT2D eigenvalue weighted by atomic mass is 9.85. The summed E-state index contributed by atoms with van der Waals surface area (Å²) in [5.41, 5.74) is 0.612. The van der Waals surface area contributed by atoms with Gasteiger partial charge in [0.25, 0.3) is 0 Å².